The van der Waals surface area contributed by atoms with Crippen LogP contribution in [0.2, 0.25) is 0 Å². The molecule has 0 saturated carbocycles. The number of aromatic nitrogens is 3. The number of nitrogens with two attached hydrogens (primary N) is 1. The van der Waals surface area contributed by atoms with Gasteiger partial charge in [-0.05, 0) is 61.0 Å². The van der Waals surface area contributed by atoms with Gasteiger partial charge in [-0.1, -0.05) is 12.1 Å². The average molecular weight is 385 g/mol. The molecular weight excluding hydrogens is 366 g/mol. The molecule has 0 radical (unpaired) electrons. The molecule has 0 atom stereocenters. The fraction of sp³-hybridized carbons (Fsp3) is 0.0909. The Morgan fingerprint density at radius 1 is 1.00 bits per heavy atom. The van der Waals surface area contributed by atoms with Gasteiger partial charge in [0.15, 0.2) is 5.82 Å². The van der Waals surface area contributed by atoms with Crippen LogP contribution in [-0.4, -0.2) is 21.1 Å². The molecule has 0 aliphatic heterocycles. The average Bonchev–Trinajstić information content (AvgIpc) is 3.15. The number of aryl methyl sites for hydroxylation is 1. The van der Waals surface area contributed by atoms with Crippen LogP contribution in [0.25, 0.3) is 11.4 Å². The highest BCUT2D eigenvalue weighted by atomic mass is 16.3. The summed E-state index contributed by atoms with van der Waals surface area (Å²) in [4.78, 5) is 16.2. The molecule has 4 aromatic rings. The lowest BCUT2D eigenvalue weighted by molar-refractivity contribution is 0.0999. The number of benzene rings is 1. The van der Waals surface area contributed by atoms with E-state index in [-0.39, 0.29) is 0 Å². The Bertz CT molecular complexity index is 1140. The molecule has 0 bridgehead atoms. The summed E-state index contributed by atoms with van der Waals surface area (Å²) in [7, 11) is 0. The van der Waals surface area contributed by atoms with Crippen molar-refractivity contribution in [3.05, 3.63) is 89.5 Å². The van der Waals surface area contributed by atoms with Crippen LogP contribution in [0.3, 0.4) is 0 Å². The highest BCUT2D eigenvalue weighted by molar-refractivity contribution is 5.96. The molecule has 7 heteroatoms. The predicted molar refractivity (Wildman–Crippen MR) is 110 cm³/mol. The van der Waals surface area contributed by atoms with Crippen molar-refractivity contribution in [2.75, 3.05) is 5.32 Å². The van der Waals surface area contributed by atoms with Gasteiger partial charge in [0.2, 0.25) is 5.91 Å². The number of furan rings is 1. The quantitative estimate of drug-likeness (QED) is 0.522. The molecule has 4 rings (SSSR count). The number of hydrogen-bond donors (Lipinski definition) is 2. The van der Waals surface area contributed by atoms with Gasteiger partial charge in [-0.3, -0.25) is 9.78 Å². The van der Waals surface area contributed by atoms with Crippen molar-refractivity contribution in [2.45, 2.75) is 13.3 Å². The van der Waals surface area contributed by atoms with Gasteiger partial charge in [-0.2, -0.15) is 0 Å². The molecule has 0 aliphatic carbocycles. The summed E-state index contributed by atoms with van der Waals surface area (Å²) in [6, 6.07) is 18.4. The number of nitrogens with one attached hydrogen (secondary N) is 1. The number of primary amides is 1. The lowest BCUT2D eigenvalue weighted by Gasteiger charge is -2.14. The smallest absolute Gasteiger partial charge is 0.249 e. The number of carbonyl (C=O) groups excluding carboxylic acids is 1. The Morgan fingerprint density at radius 2 is 1.90 bits per heavy atom. The molecule has 0 spiro atoms. The Balaban J connectivity index is 1.64. The lowest BCUT2D eigenvalue weighted by atomic mass is 10.0. The van der Waals surface area contributed by atoms with Crippen LogP contribution in [0, 0.1) is 6.92 Å². The Morgan fingerprint density at radius 3 is 2.55 bits per heavy atom. The van der Waals surface area contributed by atoms with Crippen LogP contribution < -0.4 is 11.1 Å². The van der Waals surface area contributed by atoms with Gasteiger partial charge in [0.25, 0.3) is 0 Å². The van der Waals surface area contributed by atoms with Crippen molar-refractivity contribution in [3.63, 3.8) is 0 Å². The molecule has 29 heavy (non-hydrogen) atoms. The molecule has 3 aromatic heterocycles. The van der Waals surface area contributed by atoms with Crippen molar-refractivity contribution in [1.82, 2.24) is 15.2 Å². The number of hydrogen-bond acceptors (Lipinski definition) is 6. The Labute approximate surface area is 167 Å². The molecule has 3 heterocycles. The SMILES string of the molecule is Cc1ccc(Cc2c(Nc3ccc(-c4ccccn4)nn3)cccc2C(N)=O)o1. The summed E-state index contributed by atoms with van der Waals surface area (Å²) in [5.74, 6) is 1.60. The molecule has 0 unspecified atom stereocenters. The third-order valence-electron chi connectivity index (χ3n) is 4.44. The molecule has 0 fully saturated rings. The number of amides is 1. The summed E-state index contributed by atoms with van der Waals surface area (Å²) in [5, 5.41) is 11.7. The normalized spacial score (nSPS) is 10.7. The van der Waals surface area contributed by atoms with E-state index < -0.39 is 5.91 Å². The molecule has 7 nitrogen and oxygen atoms in total. The third kappa shape index (κ3) is 4.14. The van der Waals surface area contributed by atoms with Crippen LogP contribution in [0.1, 0.15) is 27.4 Å². The Hall–Kier alpha value is -4.00. The largest absolute Gasteiger partial charge is 0.466 e. The van der Waals surface area contributed by atoms with E-state index in [4.69, 9.17) is 10.2 Å². The maximum absolute atomic E-state index is 12.0. The standard InChI is InChI=1S/C22H19N5O2/c1-14-8-9-15(29-14)13-17-16(22(23)28)5-4-7-18(17)25-21-11-10-20(26-27-21)19-6-2-3-12-24-19/h2-12H,13H2,1H3,(H2,23,28)(H,25,27). The first-order chi connectivity index (χ1) is 14.1. The van der Waals surface area contributed by atoms with E-state index in [1.54, 1.807) is 18.3 Å². The van der Waals surface area contributed by atoms with Crippen molar-refractivity contribution in [2.24, 2.45) is 5.73 Å². The highest BCUT2D eigenvalue weighted by Crippen LogP contribution is 2.27. The fourth-order valence-corrected chi connectivity index (χ4v) is 3.07. The molecule has 1 aromatic carbocycles. The first-order valence-electron chi connectivity index (χ1n) is 9.09. The van der Waals surface area contributed by atoms with E-state index in [9.17, 15) is 4.79 Å². The van der Waals surface area contributed by atoms with E-state index in [1.165, 1.54) is 0 Å². The number of carbonyl (C=O) groups is 1. The number of nitrogens with zero attached hydrogens (tertiary/aromatic N) is 3. The van der Waals surface area contributed by atoms with Crippen LogP contribution >= 0.6 is 0 Å². The highest BCUT2D eigenvalue weighted by Gasteiger charge is 2.15. The van der Waals surface area contributed by atoms with Crippen LogP contribution in [0.4, 0.5) is 11.5 Å². The number of pyridine rings is 1. The summed E-state index contributed by atoms with van der Waals surface area (Å²) in [6.07, 6.45) is 2.13. The van der Waals surface area contributed by atoms with Crippen LogP contribution in [-0.2, 0) is 6.42 Å². The summed E-state index contributed by atoms with van der Waals surface area (Å²) in [6.45, 7) is 1.88. The van der Waals surface area contributed by atoms with E-state index >= 15 is 0 Å². The van der Waals surface area contributed by atoms with Gasteiger partial charge >= 0.3 is 0 Å². The zero-order valence-electron chi connectivity index (χ0n) is 15.8. The topological polar surface area (TPSA) is 107 Å². The molecule has 3 N–H and O–H groups in total. The molecule has 0 aliphatic rings. The maximum atomic E-state index is 12.0. The first-order valence-corrected chi connectivity index (χ1v) is 9.09. The van der Waals surface area contributed by atoms with Crippen molar-refractivity contribution < 1.29 is 9.21 Å². The summed E-state index contributed by atoms with van der Waals surface area (Å²) >= 11 is 0. The minimum Gasteiger partial charge on any atom is -0.466 e. The van der Waals surface area contributed by atoms with Gasteiger partial charge in [-0.25, -0.2) is 0 Å². The molecule has 144 valence electrons. The van der Waals surface area contributed by atoms with Gasteiger partial charge in [0.1, 0.15) is 17.2 Å². The first kappa shape index (κ1) is 18.4. The van der Waals surface area contributed by atoms with Crippen LogP contribution in [0.5, 0.6) is 0 Å². The van der Waals surface area contributed by atoms with Crippen molar-refractivity contribution in [1.29, 1.82) is 0 Å². The van der Waals surface area contributed by atoms with E-state index in [2.05, 4.69) is 20.5 Å². The summed E-state index contributed by atoms with van der Waals surface area (Å²) in [5.41, 5.74) is 8.90. The fourth-order valence-electron chi connectivity index (χ4n) is 3.07. The third-order valence-corrected chi connectivity index (χ3v) is 4.44. The molecule has 0 saturated heterocycles. The monoisotopic (exact) mass is 385 g/mol. The second-order valence-corrected chi connectivity index (χ2v) is 6.53. The zero-order valence-corrected chi connectivity index (χ0v) is 15.8. The number of rotatable bonds is 6. The summed E-state index contributed by atoms with van der Waals surface area (Å²) < 4.78 is 5.68. The van der Waals surface area contributed by atoms with Gasteiger partial charge < -0.3 is 15.5 Å². The minimum atomic E-state index is -0.497. The zero-order chi connectivity index (χ0) is 20.2. The van der Waals surface area contributed by atoms with Gasteiger partial charge in [0.05, 0.1) is 5.69 Å². The van der Waals surface area contributed by atoms with E-state index in [0.717, 1.165) is 28.5 Å². The molecule has 1 amide bonds. The second kappa shape index (κ2) is 7.93. The lowest BCUT2D eigenvalue weighted by Crippen LogP contribution is -2.15. The van der Waals surface area contributed by atoms with Crippen LogP contribution in [0.15, 0.2) is 71.3 Å². The van der Waals surface area contributed by atoms with E-state index in [0.29, 0.717) is 23.5 Å². The van der Waals surface area contributed by atoms with E-state index in [1.807, 2.05) is 55.5 Å². The molecular formula is C22H19N5O2. The minimum absolute atomic E-state index is 0.425. The van der Waals surface area contributed by atoms with Gasteiger partial charge in [0, 0.05) is 23.9 Å². The Kier molecular flexibility index (Phi) is 5.03. The van der Waals surface area contributed by atoms with Crippen molar-refractivity contribution >= 4 is 17.4 Å². The van der Waals surface area contributed by atoms with Crippen molar-refractivity contribution in [3.8, 4) is 11.4 Å². The number of anilines is 2. The second-order valence-electron chi connectivity index (χ2n) is 6.53. The predicted octanol–water partition coefficient (Wildman–Crippen LogP) is 3.87. The van der Waals surface area contributed by atoms with Gasteiger partial charge in [-0.15, -0.1) is 10.2 Å². The maximum Gasteiger partial charge on any atom is 0.249 e.